The Labute approximate surface area is 143 Å². The van der Waals surface area contributed by atoms with Gasteiger partial charge in [-0.2, -0.15) is 0 Å². The maximum atomic E-state index is 12.6. The zero-order valence-electron chi connectivity index (χ0n) is 12.3. The van der Waals surface area contributed by atoms with Crippen LogP contribution in [0, 0.1) is 10.1 Å². The Kier molecular flexibility index (Phi) is 6.67. The molecule has 0 aliphatic heterocycles. The maximum Gasteiger partial charge on any atom is 0.269 e. The molecule has 2 aromatic rings. The van der Waals surface area contributed by atoms with Gasteiger partial charge in [0.1, 0.15) is 6.67 Å². The molecule has 122 valence electrons. The summed E-state index contributed by atoms with van der Waals surface area (Å²) < 4.78 is 12.6. The van der Waals surface area contributed by atoms with Gasteiger partial charge >= 0.3 is 0 Å². The first-order chi connectivity index (χ1) is 11.1. The number of rotatable bonds is 8. The third-order valence-electron chi connectivity index (χ3n) is 3.19. The van der Waals surface area contributed by atoms with Crippen molar-refractivity contribution in [1.82, 2.24) is 0 Å². The van der Waals surface area contributed by atoms with Crippen LogP contribution in [0.5, 0.6) is 0 Å². The van der Waals surface area contributed by atoms with Crippen molar-refractivity contribution in [3.05, 3.63) is 58.6 Å². The van der Waals surface area contributed by atoms with Crippen LogP contribution < -0.4 is 4.90 Å². The summed E-state index contributed by atoms with van der Waals surface area (Å²) in [5.41, 5.74) is 1.00. The molecule has 2 aromatic carbocycles. The van der Waals surface area contributed by atoms with Crippen LogP contribution >= 0.6 is 23.4 Å². The van der Waals surface area contributed by atoms with Crippen molar-refractivity contribution < 1.29 is 9.31 Å². The summed E-state index contributed by atoms with van der Waals surface area (Å²) in [6.45, 7) is 0.498. The zero-order valence-corrected chi connectivity index (χ0v) is 13.9. The first kappa shape index (κ1) is 17.6. The second kappa shape index (κ2) is 8.74. The molecule has 4 nitrogen and oxygen atoms in total. The highest BCUT2D eigenvalue weighted by molar-refractivity contribution is 7.99. The highest BCUT2D eigenvalue weighted by Gasteiger charge is 2.07. The number of nitro groups is 1. The Morgan fingerprint density at radius 1 is 1.04 bits per heavy atom. The molecule has 0 unspecified atom stereocenters. The van der Waals surface area contributed by atoms with Crippen molar-refractivity contribution in [3.8, 4) is 0 Å². The van der Waals surface area contributed by atoms with E-state index in [0.717, 1.165) is 15.5 Å². The molecule has 0 aliphatic rings. The molecule has 0 aromatic heterocycles. The van der Waals surface area contributed by atoms with E-state index in [4.69, 9.17) is 11.6 Å². The summed E-state index contributed by atoms with van der Waals surface area (Å²) in [5.74, 6) is 0.444. The SMILES string of the molecule is O=[N+]([O-])c1ccc(Sc2ccc(N(CCF)CCCl)cc2)cc1. The summed E-state index contributed by atoms with van der Waals surface area (Å²) in [7, 11) is 0. The van der Waals surface area contributed by atoms with Crippen molar-refractivity contribution in [1.29, 1.82) is 0 Å². The van der Waals surface area contributed by atoms with Crippen LogP contribution in [0.4, 0.5) is 15.8 Å². The van der Waals surface area contributed by atoms with Crippen molar-refractivity contribution in [2.45, 2.75) is 9.79 Å². The molecular weight excluding hydrogens is 339 g/mol. The molecule has 0 radical (unpaired) electrons. The number of hydrogen-bond acceptors (Lipinski definition) is 4. The standard InChI is InChI=1S/C16H16ClFN2O2S/c17-9-11-19(12-10-18)13-1-5-15(6-2-13)23-16-7-3-14(4-8-16)20(21)22/h1-8H,9-12H2. The Morgan fingerprint density at radius 2 is 1.61 bits per heavy atom. The number of nitro benzene ring substituents is 1. The summed E-state index contributed by atoms with van der Waals surface area (Å²) in [5, 5.41) is 10.6. The van der Waals surface area contributed by atoms with Gasteiger partial charge in [-0.1, -0.05) is 11.8 Å². The first-order valence-electron chi connectivity index (χ1n) is 7.03. The zero-order chi connectivity index (χ0) is 16.7. The van der Waals surface area contributed by atoms with Crippen LogP contribution in [0.15, 0.2) is 58.3 Å². The number of benzene rings is 2. The van der Waals surface area contributed by atoms with Crippen molar-refractivity contribution in [2.24, 2.45) is 0 Å². The third kappa shape index (κ3) is 5.11. The molecule has 0 saturated heterocycles. The van der Waals surface area contributed by atoms with E-state index >= 15 is 0 Å². The summed E-state index contributed by atoms with van der Waals surface area (Å²) in [4.78, 5) is 14.0. The lowest BCUT2D eigenvalue weighted by Gasteiger charge is -2.22. The topological polar surface area (TPSA) is 46.4 Å². The van der Waals surface area contributed by atoms with Crippen molar-refractivity contribution >= 4 is 34.7 Å². The molecule has 0 atom stereocenters. The number of halogens is 2. The van der Waals surface area contributed by atoms with Gasteiger partial charge in [-0.05, 0) is 36.4 Å². The Hall–Kier alpha value is -1.79. The quantitative estimate of drug-likeness (QED) is 0.389. The number of anilines is 1. The molecule has 0 saturated carbocycles. The van der Waals surface area contributed by atoms with E-state index in [2.05, 4.69) is 0 Å². The minimum Gasteiger partial charge on any atom is -0.368 e. The molecule has 7 heteroatoms. The van der Waals surface area contributed by atoms with E-state index in [-0.39, 0.29) is 5.69 Å². The highest BCUT2D eigenvalue weighted by atomic mass is 35.5. The van der Waals surface area contributed by atoms with Crippen LogP contribution in [0.25, 0.3) is 0 Å². The van der Waals surface area contributed by atoms with Crippen molar-refractivity contribution in [2.75, 3.05) is 30.5 Å². The van der Waals surface area contributed by atoms with Gasteiger partial charge in [0.05, 0.1) is 4.92 Å². The van der Waals surface area contributed by atoms with E-state index in [1.165, 1.54) is 23.9 Å². The van der Waals surface area contributed by atoms with Crippen LogP contribution in [0.2, 0.25) is 0 Å². The van der Waals surface area contributed by atoms with Crippen LogP contribution in [-0.4, -0.2) is 30.6 Å². The lowest BCUT2D eigenvalue weighted by molar-refractivity contribution is -0.384. The van der Waals surface area contributed by atoms with Gasteiger partial charge in [0.2, 0.25) is 0 Å². The predicted molar refractivity (Wildman–Crippen MR) is 92.6 cm³/mol. The third-order valence-corrected chi connectivity index (χ3v) is 4.38. The molecule has 0 spiro atoms. The monoisotopic (exact) mass is 354 g/mol. The molecular formula is C16H16ClFN2O2S. The molecule has 0 heterocycles. The van der Waals surface area contributed by atoms with Crippen molar-refractivity contribution in [3.63, 3.8) is 0 Å². The van der Waals surface area contributed by atoms with Gasteiger partial charge in [0, 0.05) is 46.6 Å². The van der Waals surface area contributed by atoms with E-state index in [1.54, 1.807) is 12.1 Å². The smallest absolute Gasteiger partial charge is 0.269 e. The minimum absolute atomic E-state index is 0.0765. The summed E-state index contributed by atoms with van der Waals surface area (Å²) in [6.07, 6.45) is 0. The van der Waals surface area contributed by atoms with Gasteiger partial charge in [0.15, 0.2) is 0 Å². The summed E-state index contributed by atoms with van der Waals surface area (Å²) in [6, 6.07) is 14.2. The Morgan fingerprint density at radius 3 is 2.09 bits per heavy atom. The van der Waals surface area contributed by atoms with Gasteiger partial charge in [-0.15, -0.1) is 11.6 Å². The average molecular weight is 355 g/mol. The predicted octanol–water partition coefficient (Wildman–Crippen LogP) is 4.76. The fourth-order valence-corrected chi connectivity index (χ4v) is 3.09. The van der Waals surface area contributed by atoms with E-state index < -0.39 is 11.6 Å². The van der Waals surface area contributed by atoms with Gasteiger partial charge in [0.25, 0.3) is 5.69 Å². The van der Waals surface area contributed by atoms with E-state index in [0.29, 0.717) is 19.0 Å². The molecule has 0 fully saturated rings. The molecule has 2 rings (SSSR count). The molecule has 0 bridgehead atoms. The van der Waals surface area contributed by atoms with Crippen LogP contribution in [0.3, 0.4) is 0 Å². The fraction of sp³-hybridized carbons (Fsp3) is 0.250. The number of nitrogens with zero attached hydrogens (tertiary/aromatic N) is 2. The lowest BCUT2D eigenvalue weighted by Crippen LogP contribution is -2.27. The molecule has 23 heavy (non-hydrogen) atoms. The van der Waals surface area contributed by atoms with Crippen LogP contribution in [0.1, 0.15) is 0 Å². The number of hydrogen-bond donors (Lipinski definition) is 0. The second-order valence-corrected chi connectivity index (χ2v) is 6.24. The number of alkyl halides is 2. The fourth-order valence-electron chi connectivity index (χ4n) is 2.07. The van der Waals surface area contributed by atoms with E-state index in [9.17, 15) is 14.5 Å². The van der Waals surface area contributed by atoms with Gasteiger partial charge in [-0.3, -0.25) is 10.1 Å². The lowest BCUT2D eigenvalue weighted by atomic mass is 10.3. The van der Waals surface area contributed by atoms with Crippen LogP contribution in [-0.2, 0) is 0 Å². The normalized spacial score (nSPS) is 10.5. The average Bonchev–Trinajstić information content (AvgIpc) is 2.56. The Balaban J connectivity index is 2.05. The summed E-state index contributed by atoms with van der Waals surface area (Å²) >= 11 is 7.25. The molecule has 0 aliphatic carbocycles. The highest BCUT2D eigenvalue weighted by Crippen LogP contribution is 2.30. The largest absolute Gasteiger partial charge is 0.368 e. The molecule has 0 N–H and O–H groups in total. The maximum absolute atomic E-state index is 12.6. The molecule has 0 amide bonds. The van der Waals surface area contributed by atoms with Gasteiger partial charge in [-0.25, -0.2) is 4.39 Å². The number of non-ortho nitro benzene ring substituents is 1. The van der Waals surface area contributed by atoms with Gasteiger partial charge < -0.3 is 4.90 Å². The first-order valence-corrected chi connectivity index (χ1v) is 8.38. The van der Waals surface area contributed by atoms with E-state index in [1.807, 2.05) is 29.2 Å². The second-order valence-electron chi connectivity index (χ2n) is 4.71. The Bertz CT molecular complexity index is 632. The minimum atomic E-state index is -0.420.